The van der Waals surface area contributed by atoms with Crippen LogP contribution in [0.3, 0.4) is 0 Å². The highest BCUT2D eigenvalue weighted by Gasteiger charge is 2.45. The van der Waals surface area contributed by atoms with E-state index in [9.17, 15) is 18.0 Å². The van der Waals surface area contributed by atoms with Crippen LogP contribution in [0, 0.1) is 0 Å². The summed E-state index contributed by atoms with van der Waals surface area (Å²) >= 11 is 1.16. The molecule has 2 aromatic rings. The first-order valence-electron chi connectivity index (χ1n) is 9.09. The minimum Gasteiger partial charge on any atom is -0.497 e. The van der Waals surface area contributed by atoms with Gasteiger partial charge in [-0.2, -0.15) is 0 Å². The van der Waals surface area contributed by atoms with Gasteiger partial charge in [-0.3, -0.25) is 9.59 Å². The molecule has 10 heteroatoms. The Morgan fingerprint density at radius 2 is 2.00 bits per heavy atom. The number of carbonyl (C=O) groups is 2. The number of carbonyl (C=O) groups excluding carboxylic acids is 2. The number of methoxy groups -OCH3 is 1. The number of nitrogens with zero attached hydrogens (tertiary/aromatic N) is 2. The Morgan fingerprint density at radius 3 is 2.76 bits per heavy atom. The Morgan fingerprint density at radius 1 is 1.21 bits per heavy atom. The number of thiophene rings is 1. The molecule has 1 aromatic carbocycles. The van der Waals surface area contributed by atoms with E-state index in [1.54, 1.807) is 26.3 Å². The monoisotopic (exact) mass is 435 g/mol. The molecule has 2 atom stereocenters. The van der Waals surface area contributed by atoms with E-state index in [1.165, 1.54) is 9.80 Å². The molecule has 4 rings (SSSR count). The van der Waals surface area contributed by atoms with Gasteiger partial charge >= 0.3 is 0 Å². The van der Waals surface area contributed by atoms with Crippen LogP contribution in [-0.2, 0) is 19.6 Å². The van der Waals surface area contributed by atoms with E-state index < -0.39 is 22.1 Å². The zero-order valence-electron chi connectivity index (χ0n) is 16.0. The number of benzene rings is 1. The van der Waals surface area contributed by atoms with Gasteiger partial charge in [0.05, 0.1) is 13.7 Å². The molecule has 3 heterocycles. The number of likely N-dealkylation sites (N-methyl/N-ethyl adjacent to an activating group) is 1. The normalized spacial score (nSPS) is 22.1. The minimum absolute atomic E-state index is 0.0314. The predicted octanol–water partition coefficient (Wildman–Crippen LogP) is 1.14. The van der Waals surface area contributed by atoms with E-state index in [4.69, 9.17) is 4.74 Å². The number of sulfonamides is 1. The van der Waals surface area contributed by atoms with Crippen LogP contribution in [0.4, 0.5) is 0 Å². The highest BCUT2D eigenvalue weighted by molar-refractivity contribution is 7.91. The van der Waals surface area contributed by atoms with Crippen LogP contribution in [0.2, 0.25) is 0 Å². The third-order valence-corrected chi connectivity index (χ3v) is 8.32. The van der Waals surface area contributed by atoms with Crippen molar-refractivity contribution in [1.82, 2.24) is 14.5 Å². The SMILES string of the molecule is COc1cccc(-c2ccc(S(=O)(=O)N[C@@H]3C[C@H]4C(=O)N(C)CC(=O)N4C3)s2)c1. The van der Waals surface area contributed by atoms with Crippen molar-refractivity contribution in [3.8, 4) is 16.2 Å². The standard InChI is InChI=1S/C19H21N3O5S2/c1-21-11-17(23)22-10-13(9-15(22)19(21)24)20-29(25,26)18-7-6-16(28-18)12-4-3-5-14(8-12)27-2/h3-8,13,15,20H,9-11H2,1-2H3/t13-,15+/m1/s1. The zero-order chi connectivity index (χ0) is 20.8. The van der Waals surface area contributed by atoms with Gasteiger partial charge in [-0.15, -0.1) is 11.3 Å². The number of nitrogens with one attached hydrogen (secondary N) is 1. The maximum atomic E-state index is 12.9. The van der Waals surface area contributed by atoms with E-state index in [-0.39, 0.29) is 35.5 Å². The smallest absolute Gasteiger partial charge is 0.250 e. The Bertz CT molecular complexity index is 1070. The lowest BCUT2D eigenvalue weighted by molar-refractivity contribution is -0.152. The van der Waals surface area contributed by atoms with Crippen molar-refractivity contribution in [3.05, 3.63) is 36.4 Å². The van der Waals surface area contributed by atoms with Crippen molar-refractivity contribution >= 4 is 33.2 Å². The molecule has 29 heavy (non-hydrogen) atoms. The van der Waals surface area contributed by atoms with Gasteiger partial charge in [0.25, 0.3) is 0 Å². The number of hydrogen-bond acceptors (Lipinski definition) is 6. The highest BCUT2D eigenvalue weighted by Crippen LogP contribution is 2.33. The fourth-order valence-corrected chi connectivity index (χ4v) is 6.29. The van der Waals surface area contributed by atoms with E-state index in [0.717, 1.165) is 21.8 Å². The molecule has 0 unspecified atom stereocenters. The molecule has 0 aliphatic carbocycles. The number of fused-ring (bicyclic) bond motifs is 1. The predicted molar refractivity (Wildman–Crippen MR) is 108 cm³/mol. The Kier molecular flexibility index (Phi) is 5.09. The average molecular weight is 436 g/mol. The van der Waals surface area contributed by atoms with Crippen molar-refractivity contribution in [2.45, 2.75) is 22.7 Å². The number of piperazine rings is 1. The van der Waals surface area contributed by atoms with Gasteiger partial charge in [0, 0.05) is 24.5 Å². The number of rotatable bonds is 5. The third-order valence-electron chi connectivity index (χ3n) is 5.18. The number of ether oxygens (including phenoxy) is 1. The van der Waals surface area contributed by atoms with Crippen LogP contribution in [0.25, 0.3) is 10.4 Å². The van der Waals surface area contributed by atoms with Crippen LogP contribution in [0.1, 0.15) is 6.42 Å². The second-order valence-corrected chi connectivity index (χ2v) is 10.2. The Labute approximate surface area is 173 Å². The maximum Gasteiger partial charge on any atom is 0.250 e. The van der Waals surface area contributed by atoms with Gasteiger partial charge < -0.3 is 14.5 Å². The molecule has 2 saturated heterocycles. The quantitative estimate of drug-likeness (QED) is 0.760. The molecular weight excluding hydrogens is 414 g/mol. The van der Waals surface area contributed by atoms with Crippen LogP contribution in [0.15, 0.2) is 40.6 Å². The average Bonchev–Trinajstić information content (AvgIpc) is 3.34. The van der Waals surface area contributed by atoms with Gasteiger partial charge in [0.15, 0.2) is 0 Å². The fourth-order valence-electron chi connectivity index (χ4n) is 3.73. The first-order valence-corrected chi connectivity index (χ1v) is 11.4. The number of amides is 2. The molecular formula is C19H21N3O5S2. The first-order chi connectivity index (χ1) is 13.8. The highest BCUT2D eigenvalue weighted by atomic mass is 32.2. The lowest BCUT2D eigenvalue weighted by Crippen LogP contribution is -2.55. The zero-order valence-corrected chi connectivity index (χ0v) is 17.6. The van der Waals surface area contributed by atoms with Crippen LogP contribution in [-0.4, -0.2) is 69.4 Å². The van der Waals surface area contributed by atoms with Crippen LogP contribution in [0.5, 0.6) is 5.75 Å². The second kappa shape index (κ2) is 7.43. The molecule has 0 bridgehead atoms. The van der Waals surface area contributed by atoms with Crippen molar-refractivity contribution in [1.29, 1.82) is 0 Å². The topological polar surface area (TPSA) is 96.0 Å². The van der Waals surface area contributed by atoms with Crippen LogP contribution < -0.4 is 9.46 Å². The summed E-state index contributed by atoms with van der Waals surface area (Å²) in [5.41, 5.74) is 0.869. The Hall–Kier alpha value is -2.43. The molecule has 2 aliphatic rings. The molecule has 1 aromatic heterocycles. The summed E-state index contributed by atoms with van der Waals surface area (Å²) in [4.78, 5) is 28.1. The molecule has 154 valence electrons. The van der Waals surface area contributed by atoms with Gasteiger partial charge in [-0.25, -0.2) is 13.1 Å². The van der Waals surface area contributed by atoms with Crippen molar-refractivity contribution in [2.75, 3.05) is 27.2 Å². The fraction of sp³-hybridized carbons (Fsp3) is 0.368. The van der Waals surface area contributed by atoms with E-state index in [1.807, 2.05) is 24.3 Å². The molecule has 0 saturated carbocycles. The lowest BCUT2D eigenvalue weighted by atomic mass is 10.1. The first kappa shape index (κ1) is 19.9. The summed E-state index contributed by atoms with van der Waals surface area (Å²) in [6.07, 6.45) is 0.280. The molecule has 1 N–H and O–H groups in total. The minimum atomic E-state index is -3.76. The molecule has 2 fully saturated rings. The van der Waals surface area contributed by atoms with E-state index >= 15 is 0 Å². The van der Waals surface area contributed by atoms with Gasteiger partial charge in [0.2, 0.25) is 21.8 Å². The third kappa shape index (κ3) is 3.75. The van der Waals surface area contributed by atoms with Gasteiger partial charge in [0.1, 0.15) is 16.0 Å². The summed E-state index contributed by atoms with van der Waals surface area (Å²) in [6.45, 7) is 0.236. The summed E-state index contributed by atoms with van der Waals surface area (Å²) in [6, 6.07) is 9.64. The second-order valence-electron chi connectivity index (χ2n) is 7.16. The lowest BCUT2D eigenvalue weighted by Gasteiger charge is -2.33. The number of hydrogen-bond donors (Lipinski definition) is 1. The van der Waals surface area contributed by atoms with Gasteiger partial charge in [-0.05, 0) is 36.2 Å². The van der Waals surface area contributed by atoms with Gasteiger partial charge in [-0.1, -0.05) is 12.1 Å². The summed E-state index contributed by atoms with van der Waals surface area (Å²) in [5.74, 6) is 0.387. The molecule has 0 spiro atoms. The summed E-state index contributed by atoms with van der Waals surface area (Å²) in [7, 11) is -0.600. The molecule has 8 nitrogen and oxygen atoms in total. The molecule has 0 radical (unpaired) electrons. The van der Waals surface area contributed by atoms with Crippen LogP contribution >= 0.6 is 11.3 Å². The van der Waals surface area contributed by atoms with Crippen molar-refractivity contribution < 1.29 is 22.7 Å². The Balaban J connectivity index is 1.51. The van der Waals surface area contributed by atoms with Crippen molar-refractivity contribution in [3.63, 3.8) is 0 Å². The molecule has 2 aliphatic heterocycles. The summed E-state index contributed by atoms with van der Waals surface area (Å²) in [5, 5.41) is 0. The van der Waals surface area contributed by atoms with Crippen molar-refractivity contribution in [2.24, 2.45) is 0 Å². The largest absolute Gasteiger partial charge is 0.497 e. The van der Waals surface area contributed by atoms with E-state index in [0.29, 0.717) is 5.75 Å². The molecule has 2 amide bonds. The maximum absolute atomic E-state index is 12.9. The van der Waals surface area contributed by atoms with E-state index in [2.05, 4.69) is 4.72 Å². The summed E-state index contributed by atoms with van der Waals surface area (Å²) < 4.78 is 33.8.